The molecule has 1 atom stereocenters. The molecular weight excluding hydrogens is 377 g/mol. The van der Waals surface area contributed by atoms with E-state index in [0.717, 1.165) is 25.0 Å². The van der Waals surface area contributed by atoms with E-state index in [0.29, 0.717) is 42.2 Å². The molecule has 29 heavy (non-hydrogen) atoms. The van der Waals surface area contributed by atoms with Crippen LogP contribution in [0.5, 0.6) is 0 Å². The molecule has 0 bridgehead atoms. The van der Waals surface area contributed by atoms with Crippen molar-refractivity contribution in [1.29, 1.82) is 0 Å². The third kappa shape index (κ3) is 3.01. The van der Waals surface area contributed by atoms with Crippen LogP contribution in [-0.2, 0) is 6.42 Å². The molecule has 3 aromatic rings. The molecule has 3 heterocycles. The lowest BCUT2D eigenvalue weighted by molar-refractivity contribution is 0.558. The lowest BCUT2D eigenvalue weighted by Gasteiger charge is -2.24. The maximum atomic E-state index is 15.1. The summed E-state index contributed by atoms with van der Waals surface area (Å²) in [6.45, 7) is 3.15. The normalized spacial score (nSPS) is 19.4. The van der Waals surface area contributed by atoms with Crippen molar-refractivity contribution in [2.45, 2.75) is 38.6 Å². The van der Waals surface area contributed by atoms with Crippen LogP contribution in [0.1, 0.15) is 36.6 Å². The third-order valence-corrected chi connectivity index (χ3v) is 5.97. The fourth-order valence-corrected chi connectivity index (χ4v) is 4.55. The summed E-state index contributed by atoms with van der Waals surface area (Å²) in [5, 5.41) is 0.226. The molecule has 1 aromatic carbocycles. The van der Waals surface area contributed by atoms with Crippen LogP contribution < -0.4 is 21.9 Å². The highest BCUT2D eigenvalue weighted by Gasteiger charge is 2.31. The number of hydrogen-bond acceptors (Lipinski definition) is 6. The fourth-order valence-electron chi connectivity index (χ4n) is 4.55. The molecule has 2 aromatic heterocycles. The number of nitrogens with two attached hydrogens (primary N) is 1. The first kappa shape index (κ1) is 18.0. The van der Waals surface area contributed by atoms with Gasteiger partial charge in [0.2, 0.25) is 0 Å². The quantitative estimate of drug-likeness (QED) is 0.695. The molecule has 1 aliphatic carbocycles. The highest BCUT2D eigenvalue weighted by molar-refractivity contribution is 5.87. The molecule has 2 aliphatic rings. The molecule has 1 saturated heterocycles. The number of aromatic amines is 1. The smallest absolute Gasteiger partial charge is 0.329 e. The van der Waals surface area contributed by atoms with E-state index >= 15 is 4.39 Å². The summed E-state index contributed by atoms with van der Waals surface area (Å²) in [7, 11) is 0. The number of nitrogen functional groups attached to an aromatic ring is 1. The van der Waals surface area contributed by atoms with Gasteiger partial charge in [-0.05, 0) is 44.6 Å². The van der Waals surface area contributed by atoms with Gasteiger partial charge in [0.25, 0.3) is 11.6 Å². The summed E-state index contributed by atoms with van der Waals surface area (Å²) in [4.78, 5) is 33.2. The summed E-state index contributed by atoms with van der Waals surface area (Å²) < 4.78 is 21.8. The Morgan fingerprint density at radius 3 is 2.83 bits per heavy atom. The number of aryl methyl sites for hydroxylation is 1. The van der Waals surface area contributed by atoms with Crippen molar-refractivity contribution >= 4 is 22.6 Å². The van der Waals surface area contributed by atoms with E-state index in [1.807, 2.05) is 4.90 Å². The lowest BCUT2D eigenvalue weighted by atomic mass is 10.0. The minimum absolute atomic E-state index is 0.0720. The zero-order chi connectivity index (χ0) is 20.3. The van der Waals surface area contributed by atoms with Crippen molar-refractivity contribution in [3.63, 3.8) is 0 Å². The van der Waals surface area contributed by atoms with Crippen molar-refractivity contribution < 1.29 is 8.81 Å². The summed E-state index contributed by atoms with van der Waals surface area (Å²) in [5.41, 5.74) is 7.02. The monoisotopic (exact) mass is 399 g/mol. The van der Waals surface area contributed by atoms with E-state index in [2.05, 4.69) is 9.97 Å². The van der Waals surface area contributed by atoms with Crippen molar-refractivity contribution in [1.82, 2.24) is 14.5 Å². The summed E-state index contributed by atoms with van der Waals surface area (Å²) in [5.74, 6) is -0.147. The number of nitrogens with one attached hydrogen (secondary N) is 1. The molecule has 8 nitrogen and oxygen atoms in total. The second-order valence-corrected chi connectivity index (χ2v) is 8.07. The van der Waals surface area contributed by atoms with Crippen molar-refractivity contribution in [2.24, 2.45) is 5.92 Å². The number of fused-ring (bicyclic) bond motifs is 1. The topological polar surface area (TPSA) is 110 Å². The van der Waals surface area contributed by atoms with Gasteiger partial charge in [0.15, 0.2) is 0 Å². The standard InChI is InChI=1S/C20H22FN5O3/c1-10-16-14(18(27)24-20(28)26(16)13-2-3-13)7-15(21)17(10)25-5-4-11(8-25)6-12-9-29-19(22)23-12/h7,9,11,13H,2-6,8H2,1H3,(H2,22,23)(H,24,27,28). The van der Waals surface area contributed by atoms with Gasteiger partial charge in [-0.1, -0.05) is 0 Å². The van der Waals surface area contributed by atoms with E-state index in [4.69, 9.17) is 10.2 Å². The van der Waals surface area contributed by atoms with Crippen molar-refractivity contribution in [2.75, 3.05) is 23.7 Å². The summed E-state index contributed by atoms with van der Waals surface area (Å²) in [6, 6.07) is 1.48. The van der Waals surface area contributed by atoms with Gasteiger partial charge < -0.3 is 15.1 Å². The van der Waals surface area contributed by atoms with E-state index < -0.39 is 17.1 Å². The van der Waals surface area contributed by atoms with Gasteiger partial charge >= 0.3 is 5.69 Å². The van der Waals surface area contributed by atoms with Crippen LogP contribution in [0.4, 0.5) is 16.1 Å². The van der Waals surface area contributed by atoms with Gasteiger partial charge in [0.05, 0.1) is 22.3 Å². The average molecular weight is 399 g/mol. The number of halogens is 1. The molecule has 5 rings (SSSR count). The Morgan fingerprint density at radius 1 is 1.34 bits per heavy atom. The Bertz CT molecular complexity index is 1220. The molecule has 0 amide bonds. The van der Waals surface area contributed by atoms with E-state index in [1.54, 1.807) is 17.8 Å². The number of hydrogen-bond donors (Lipinski definition) is 2. The molecule has 1 saturated carbocycles. The number of rotatable bonds is 4. The second kappa shape index (κ2) is 6.47. The van der Waals surface area contributed by atoms with Crippen LogP contribution in [0, 0.1) is 18.7 Å². The number of H-pyrrole nitrogens is 1. The van der Waals surface area contributed by atoms with Gasteiger partial charge in [-0.3, -0.25) is 14.3 Å². The number of nitrogens with zero attached hydrogens (tertiary/aromatic N) is 3. The maximum absolute atomic E-state index is 15.1. The predicted molar refractivity (Wildman–Crippen MR) is 107 cm³/mol. The molecule has 1 aliphatic heterocycles. The van der Waals surface area contributed by atoms with Gasteiger partial charge in [-0.15, -0.1) is 0 Å². The average Bonchev–Trinajstić information content (AvgIpc) is 3.26. The third-order valence-electron chi connectivity index (χ3n) is 5.97. The highest BCUT2D eigenvalue weighted by Crippen LogP contribution is 2.39. The molecule has 0 spiro atoms. The summed E-state index contributed by atoms with van der Waals surface area (Å²) >= 11 is 0. The van der Waals surface area contributed by atoms with Crippen molar-refractivity contribution in [3.05, 3.63) is 50.2 Å². The maximum Gasteiger partial charge on any atom is 0.329 e. The minimum atomic E-state index is -0.543. The number of aromatic nitrogens is 3. The Kier molecular flexibility index (Phi) is 4.01. The molecule has 2 fully saturated rings. The first-order chi connectivity index (χ1) is 13.9. The Labute approximate surface area is 165 Å². The number of anilines is 2. The minimum Gasteiger partial charge on any atom is -0.432 e. The SMILES string of the molecule is Cc1c(N2CCC(Cc3coc(N)n3)C2)c(F)cc2c(=O)[nH]c(=O)n(C3CC3)c12. The first-order valence-electron chi connectivity index (χ1n) is 9.85. The van der Waals surface area contributed by atoms with Gasteiger partial charge in [-0.25, -0.2) is 9.18 Å². The highest BCUT2D eigenvalue weighted by atomic mass is 19.1. The Hall–Kier alpha value is -3.10. The lowest BCUT2D eigenvalue weighted by Crippen LogP contribution is -2.31. The molecule has 1 unspecified atom stereocenters. The number of oxazole rings is 1. The fraction of sp³-hybridized carbons (Fsp3) is 0.450. The molecular formula is C20H22FN5O3. The second-order valence-electron chi connectivity index (χ2n) is 8.07. The molecule has 9 heteroatoms. The summed E-state index contributed by atoms with van der Waals surface area (Å²) in [6.07, 6.45) is 4.92. The number of benzene rings is 1. The first-order valence-corrected chi connectivity index (χ1v) is 9.85. The van der Waals surface area contributed by atoms with Gasteiger partial charge in [0, 0.05) is 24.7 Å². The van der Waals surface area contributed by atoms with Crippen LogP contribution in [0.15, 0.2) is 26.3 Å². The van der Waals surface area contributed by atoms with E-state index in [9.17, 15) is 9.59 Å². The Morgan fingerprint density at radius 2 is 2.14 bits per heavy atom. The van der Waals surface area contributed by atoms with Crippen LogP contribution >= 0.6 is 0 Å². The van der Waals surface area contributed by atoms with Crippen molar-refractivity contribution in [3.8, 4) is 0 Å². The molecule has 152 valence electrons. The van der Waals surface area contributed by atoms with Gasteiger partial charge in [0.1, 0.15) is 12.1 Å². The van der Waals surface area contributed by atoms with Crippen LogP contribution in [0.2, 0.25) is 0 Å². The largest absolute Gasteiger partial charge is 0.432 e. The van der Waals surface area contributed by atoms with Crippen LogP contribution in [0.3, 0.4) is 0 Å². The van der Waals surface area contributed by atoms with Gasteiger partial charge in [-0.2, -0.15) is 4.98 Å². The van der Waals surface area contributed by atoms with E-state index in [-0.39, 0.29) is 17.4 Å². The Balaban J connectivity index is 1.54. The zero-order valence-corrected chi connectivity index (χ0v) is 16.1. The molecule has 3 N–H and O–H groups in total. The molecule has 0 radical (unpaired) electrons. The van der Waals surface area contributed by atoms with Crippen LogP contribution in [-0.4, -0.2) is 27.6 Å². The van der Waals surface area contributed by atoms with E-state index in [1.165, 1.54) is 6.07 Å². The predicted octanol–water partition coefficient (Wildman–Crippen LogP) is 2.11. The van der Waals surface area contributed by atoms with Crippen LogP contribution in [0.25, 0.3) is 10.9 Å². The zero-order valence-electron chi connectivity index (χ0n) is 16.1.